The van der Waals surface area contributed by atoms with Crippen LogP contribution in [0, 0.1) is 0 Å². The van der Waals surface area contributed by atoms with Gasteiger partial charge in [-0.2, -0.15) is 26.3 Å². The first-order chi connectivity index (χ1) is 4.63. The average Bonchev–Trinajstić information content (AvgIpc) is 1.56. The molecule has 0 aliphatic carbocycles. The van der Waals surface area contributed by atoms with Crippen molar-refractivity contribution in [1.29, 1.82) is 0 Å². The highest BCUT2D eigenvalue weighted by Crippen LogP contribution is 2.35. The first-order valence-electron chi connectivity index (χ1n) is 2.40. The summed E-state index contributed by atoms with van der Waals surface area (Å²) in [5.74, 6) is 0. The fourth-order valence-electron chi connectivity index (χ4n) is 0.319. The highest BCUT2D eigenvalue weighted by molar-refractivity contribution is 9.09. The Morgan fingerprint density at radius 1 is 1.00 bits per heavy atom. The van der Waals surface area contributed by atoms with Crippen LogP contribution >= 0.6 is 15.9 Å². The predicted molar refractivity (Wildman–Crippen MR) is 29.4 cm³/mol. The van der Waals surface area contributed by atoms with Crippen LogP contribution in [0.5, 0.6) is 0 Å². The van der Waals surface area contributed by atoms with Crippen molar-refractivity contribution in [2.75, 3.05) is 0 Å². The molecule has 0 radical (unpaired) electrons. The zero-order chi connectivity index (χ0) is 9.28. The Kier molecular flexibility index (Phi) is 3.22. The maximum atomic E-state index is 11.4. The van der Waals surface area contributed by atoms with E-state index in [4.69, 9.17) is 0 Å². The molecule has 68 valence electrons. The van der Waals surface area contributed by atoms with Crippen molar-refractivity contribution < 1.29 is 26.3 Å². The van der Waals surface area contributed by atoms with Gasteiger partial charge in [0.2, 0.25) is 0 Å². The molecule has 0 aliphatic heterocycles. The molecule has 0 aromatic carbocycles. The summed E-state index contributed by atoms with van der Waals surface area (Å²) in [7, 11) is 0. The van der Waals surface area contributed by atoms with Gasteiger partial charge in [0, 0.05) is 0 Å². The molecular formula is C4H3BrF6. The molecule has 11 heavy (non-hydrogen) atoms. The number of halogens is 7. The third-order valence-electron chi connectivity index (χ3n) is 0.766. The molecule has 1 atom stereocenters. The fourth-order valence-corrected chi connectivity index (χ4v) is 0.686. The van der Waals surface area contributed by atoms with Crippen molar-refractivity contribution in [2.45, 2.75) is 23.6 Å². The highest BCUT2D eigenvalue weighted by Gasteiger charge is 2.44. The Bertz CT molecular complexity index is 124. The summed E-state index contributed by atoms with van der Waals surface area (Å²) in [6.45, 7) is 0. The van der Waals surface area contributed by atoms with E-state index < -0.39 is 23.6 Å². The monoisotopic (exact) mass is 244 g/mol. The maximum absolute atomic E-state index is 11.4. The molecule has 0 N–H and O–H groups in total. The molecule has 0 aliphatic rings. The van der Waals surface area contributed by atoms with E-state index in [0.717, 1.165) is 0 Å². The summed E-state index contributed by atoms with van der Waals surface area (Å²) in [6, 6.07) is 0. The Labute approximate surface area is 66.7 Å². The second kappa shape index (κ2) is 3.20. The lowest BCUT2D eigenvalue weighted by molar-refractivity contribution is -0.177. The van der Waals surface area contributed by atoms with Crippen LogP contribution in [-0.4, -0.2) is 17.2 Å². The van der Waals surface area contributed by atoms with Crippen molar-refractivity contribution in [3.05, 3.63) is 0 Å². The van der Waals surface area contributed by atoms with Crippen molar-refractivity contribution in [1.82, 2.24) is 0 Å². The largest absolute Gasteiger partial charge is 0.401 e. The molecule has 0 saturated carbocycles. The van der Waals surface area contributed by atoms with Crippen LogP contribution in [0.4, 0.5) is 26.3 Å². The van der Waals surface area contributed by atoms with Crippen molar-refractivity contribution >= 4 is 15.9 Å². The molecule has 0 amide bonds. The van der Waals surface area contributed by atoms with Gasteiger partial charge in [-0.15, -0.1) is 0 Å². The summed E-state index contributed by atoms with van der Waals surface area (Å²) in [5.41, 5.74) is 0. The molecule has 0 unspecified atom stereocenters. The minimum absolute atomic E-state index is 1.89. The molecule has 0 aromatic heterocycles. The zero-order valence-corrected chi connectivity index (χ0v) is 6.52. The summed E-state index contributed by atoms with van der Waals surface area (Å²) < 4.78 is 68.2. The SMILES string of the molecule is FC(F)(F)C[C@H](Br)C(F)(F)F. The second-order valence-corrected chi connectivity index (χ2v) is 2.93. The third kappa shape index (κ3) is 5.34. The van der Waals surface area contributed by atoms with Gasteiger partial charge in [0.1, 0.15) is 4.83 Å². The lowest BCUT2D eigenvalue weighted by atomic mass is 10.3. The standard InChI is InChI=1S/C4H3BrF6/c5-2(4(9,10)11)1-3(6,7)8/h2H,1H2/t2-/m0/s1. The van der Waals surface area contributed by atoms with E-state index in [-0.39, 0.29) is 0 Å². The smallest absolute Gasteiger partial charge is 0.171 e. The first kappa shape index (κ1) is 11.1. The van der Waals surface area contributed by atoms with E-state index in [0.29, 0.717) is 0 Å². The van der Waals surface area contributed by atoms with Crippen LogP contribution in [-0.2, 0) is 0 Å². The highest BCUT2D eigenvalue weighted by atomic mass is 79.9. The number of hydrogen-bond acceptors (Lipinski definition) is 0. The Morgan fingerprint density at radius 3 is 1.45 bits per heavy atom. The molecule has 0 bridgehead atoms. The van der Waals surface area contributed by atoms with E-state index in [1.165, 1.54) is 0 Å². The maximum Gasteiger partial charge on any atom is 0.401 e. The predicted octanol–water partition coefficient (Wildman–Crippen LogP) is 3.26. The van der Waals surface area contributed by atoms with Crippen LogP contribution in [0.1, 0.15) is 6.42 Å². The van der Waals surface area contributed by atoms with Gasteiger partial charge in [-0.05, 0) is 0 Å². The van der Waals surface area contributed by atoms with Gasteiger partial charge >= 0.3 is 12.4 Å². The zero-order valence-electron chi connectivity index (χ0n) is 4.93. The number of rotatable bonds is 1. The molecule has 0 nitrogen and oxygen atoms in total. The van der Waals surface area contributed by atoms with Gasteiger partial charge in [-0.3, -0.25) is 0 Å². The number of alkyl halides is 7. The molecular weight excluding hydrogens is 242 g/mol. The van der Waals surface area contributed by atoms with E-state index in [1.807, 2.05) is 15.9 Å². The normalized spacial score (nSPS) is 16.6. The Morgan fingerprint density at radius 2 is 1.36 bits per heavy atom. The molecule has 0 rings (SSSR count). The second-order valence-electron chi connectivity index (χ2n) is 1.83. The minimum Gasteiger partial charge on any atom is -0.171 e. The van der Waals surface area contributed by atoms with Crippen molar-refractivity contribution in [3.63, 3.8) is 0 Å². The third-order valence-corrected chi connectivity index (χ3v) is 1.61. The van der Waals surface area contributed by atoms with E-state index in [2.05, 4.69) is 0 Å². The molecule has 0 spiro atoms. The molecule has 0 aromatic rings. The van der Waals surface area contributed by atoms with E-state index in [1.54, 1.807) is 0 Å². The van der Waals surface area contributed by atoms with E-state index >= 15 is 0 Å². The lowest BCUT2D eigenvalue weighted by Crippen LogP contribution is -2.28. The van der Waals surface area contributed by atoms with Gasteiger partial charge in [0.15, 0.2) is 0 Å². The van der Waals surface area contributed by atoms with Gasteiger partial charge in [0.05, 0.1) is 6.42 Å². The number of hydrogen-bond donors (Lipinski definition) is 0. The Hall–Kier alpha value is 0.0600. The Balaban J connectivity index is 3.99. The lowest BCUT2D eigenvalue weighted by Gasteiger charge is -2.15. The van der Waals surface area contributed by atoms with Crippen LogP contribution in [0.2, 0.25) is 0 Å². The molecule has 0 fully saturated rings. The first-order valence-corrected chi connectivity index (χ1v) is 3.32. The van der Waals surface area contributed by atoms with Crippen molar-refractivity contribution in [3.8, 4) is 0 Å². The van der Waals surface area contributed by atoms with Crippen LogP contribution < -0.4 is 0 Å². The van der Waals surface area contributed by atoms with Gasteiger partial charge in [-0.25, -0.2) is 0 Å². The topological polar surface area (TPSA) is 0 Å². The summed E-state index contributed by atoms with van der Waals surface area (Å²) >= 11 is 1.89. The van der Waals surface area contributed by atoms with Gasteiger partial charge in [0.25, 0.3) is 0 Å². The van der Waals surface area contributed by atoms with E-state index in [9.17, 15) is 26.3 Å². The summed E-state index contributed by atoms with van der Waals surface area (Å²) in [4.78, 5) is -2.50. The fraction of sp³-hybridized carbons (Fsp3) is 1.00. The molecule has 0 heterocycles. The quantitative estimate of drug-likeness (QED) is 0.491. The molecule has 0 saturated heterocycles. The van der Waals surface area contributed by atoms with Crippen LogP contribution in [0.15, 0.2) is 0 Å². The van der Waals surface area contributed by atoms with Crippen LogP contribution in [0.3, 0.4) is 0 Å². The summed E-state index contributed by atoms with van der Waals surface area (Å²) in [5, 5.41) is 0. The van der Waals surface area contributed by atoms with Crippen LogP contribution in [0.25, 0.3) is 0 Å². The summed E-state index contributed by atoms with van der Waals surface area (Å²) in [6.07, 6.45) is -11.5. The van der Waals surface area contributed by atoms with Gasteiger partial charge in [-0.1, -0.05) is 15.9 Å². The van der Waals surface area contributed by atoms with Crippen molar-refractivity contribution in [2.24, 2.45) is 0 Å². The molecule has 7 heteroatoms. The minimum atomic E-state index is -4.84. The average molecular weight is 245 g/mol. The van der Waals surface area contributed by atoms with Gasteiger partial charge < -0.3 is 0 Å².